The van der Waals surface area contributed by atoms with Crippen LogP contribution in [0.4, 0.5) is 0 Å². The average Bonchev–Trinajstić information content (AvgIpc) is 2.49. The highest BCUT2D eigenvalue weighted by Crippen LogP contribution is 2.34. The maximum Gasteiger partial charge on any atom is 0.247 e. The van der Waals surface area contributed by atoms with Crippen molar-refractivity contribution in [2.24, 2.45) is 0 Å². The quantitative estimate of drug-likeness (QED) is 0.783. The van der Waals surface area contributed by atoms with Gasteiger partial charge in [0, 0.05) is 19.2 Å². The summed E-state index contributed by atoms with van der Waals surface area (Å²) in [4.78, 5) is 0.153. The fourth-order valence-corrected chi connectivity index (χ4v) is 4.61. The van der Waals surface area contributed by atoms with Crippen molar-refractivity contribution < 1.29 is 22.6 Å². The van der Waals surface area contributed by atoms with Crippen molar-refractivity contribution >= 4 is 10.0 Å². The van der Waals surface area contributed by atoms with E-state index < -0.39 is 10.0 Å². The monoisotopic (exact) mass is 357 g/mol. The van der Waals surface area contributed by atoms with Gasteiger partial charge in [-0.2, -0.15) is 4.31 Å². The van der Waals surface area contributed by atoms with Gasteiger partial charge in [0.1, 0.15) is 16.4 Å². The third-order valence-electron chi connectivity index (χ3n) is 3.84. The van der Waals surface area contributed by atoms with E-state index in [4.69, 9.17) is 14.2 Å². The molecule has 2 atom stereocenters. The molecule has 0 unspecified atom stereocenters. The number of sulfonamides is 1. The fourth-order valence-electron chi connectivity index (χ4n) is 2.89. The summed E-state index contributed by atoms with van der Waals surface area (Å²) >= 11 is 0. The summed E-state index contributed by atoms with van der Waals surface area (Å²) in [6, 6.07) is 3.30. The van der Waals surface area contributed by atoms with Crippen molar-refractivity contribution in [2.45, 2.75) is 51.7 Å². The summed E-state index contributed by atoms with van der Waals surface area (Å²) in [7, 11) is -3.69. The molecule has 1 aromatic carbocycles. The zero-order valence-electron chi connectivity index (χ0n) is 15.0. The molecule has 136 valence electrons. The lowest BCUT2D eigenvalue weighted by molar-refractivity contribution is -0.0441. The predicted octanol–water partition coefficient (Wildman–Crippen LogP) is 2.59. The minimum Gasteiger partial charge on any atom is -0.494 e. The average molecular weight is 357 g/mol. The highest BCUT2D eigenvalue weighted by Gasteiger charge is 2.34. The fraction of sp³-hybridized carbons (Fsp3) is 0.647. The van der Waals surface area contributed by atoms with Gasteiger partial charge >= 0.3 is 0 Å². The molecule has 7 heteroatoms. The number of aryl methyl sites for hydroxylation is 1. The number of rotatable bonds is 6. The van der Waals surface area contributed by atoms with Gasteiger partial charge in [-0.25, -0.2) is 8.42 Å². The predicted molar refractivity (Wildman–Crippen MR) is 92.3 cm³/mol. The molecule has 0 aromatic heterocycles. The van der Waals surface area contributed by atoms with Gasteiger partial charge < -0.3 is 14.2 Å². The molecule has 1 aromatic rings. The smallest absolute Gasteiger partial charge is 0.247 e. The van der Waals surface area contributed by atoms with E-state index in [1.807, 2.05) is 34.6 Å². The Bertz CT molecular complexity index is 664. The molecule has 6 nitrogen and oxygen atoms in total. The third kappa shape index (κ3) is 4.02. The maximum atomic E-state index is 13.2. The maximum absolute atomic E-state index is 13.2. The molecule has 1 heterocycles. The molecule has 0 N–H and O–H groups in total. The van der Waals surface area contributed by atoms with Gasteiger partial charge in [0.05, 0.1) is 25.4 Å². The van der Waals surface area contributed by atoms with Gasteiger partial charge in [-0.1, -0.05) is 0 Å². The highest BCUT2D eigenvalue weighted by molar-refractivity contribution is 7.89. The van der Waals surface area contributed by atoms with Crippen LogP contribution in [-0.4, -0.2) is 51.2 Å². The standard InChI is InChI=1S/C17H27NO5S/c1-6-21-15-9-17(16(22-7-2)8-12(15)3)24(19,20)18-10-13(4)23-14(5)11-18/h8-9,13-14H,6-7,10-11H2,1-5H3/t13-,14+. The first-order valence-electron chi connectivity index (χ1n) is 8.35. The van der Waals surface area contributed by atoms with Crippen LogP contribution in [0.3, 0.4) is 0 Å². The molecule has 0 radical (unpaired) electrons. The number of hydrogen-bond acceptors (Lipinski definition) is 5. The van der Waals surface area contributed by atoms with Crippen LogP contribution in [0, 0.1) is 6.92 Å². The molecule has 0 saturated carbocycles. The lowest BCUT2D eigenvalue weighted by atomic mass is 10.2. The Hall–Kier alpha value is -1.31. The van der Waals surface area contributed by atoms with E-state index in [9.17, 15) is 8.42 Å². The van der Waals surface area contributed by atoms with E-state index in [2.05, 4.69) is 0 Å². The lowest BCUT2D eigenvalue weighted by Gasteiger charge is -2.34. The molecule has 0 bridgehead atoms. The summed E-state index contributed by atoms with van der Waals surface area (Å²) in [5.41, 5.74) is 0.850. The molecule has 24 heavy (non-hydrogen) atoms. The van der Waals surface area contributed by atoms with Crippen molar-refractivity contribution in [3.8, 4) is 11.5 Å². The Kier molecular flexibility index (Phi) is 6.11. The second-order valence-corrected chi connectivity index (χ2v) is 7.92. The van der Waals surface area contributed by atoms with E-state index in [1.165, 1.54) is 4.31 Å². The van der Waals surface area contributed by atoms with Crippen LogP contribution in [-0.2, 0) is 14.8 Å². The zero-order chi connectivity index (χ0) is 17.9. The van der Waals surface area contributed by atoms with Gasteiger partial charge in [-0.15, -0.1) is 0 Å². The topological polar surface area (TPSA) is 65.1 Å². The first kappa shape index (κ1) is 19.0. The number of benzene rings is 1. The summed E-state index contributed by atoms with van der Waals surface area (Å²) < 4.78 is 44.6. The van der Waals surface area contributed by atoms with Crippen molar-refractivity contribution in [3.05, 3.63) is 17.7 Å². The van der Waals surface area contributed by atoms with E-state index in [0.717, 1.165) is 5.56 Å². The van der Waals surface area contributed by atoms with Crippen LogP contribution in [0.2, 0.25) is 0 Å². The SMILES string of the molecule is CCOc1cc(S(=O)(=O)N2C[C@@H](C)O[C@@H](C)C2)c(OCC)cc1C. The Balaban J connectivity index is 2.48. The van der Waals surface area contributed by atoms with E-state index in [-0.39, 0.29) is 17.1 Å². The van der Waals surface area contributed by atoms with Gasteiger partial charge in [-0.05, 0) is 46.2 Å². The molecule has 2 rings (SSSR count). The minimum atomic E-state index is -3.69. The first-order chi connectivity index (χ1) is 11.3. The molecule has 1 aliphatic rings. The normalized spacial score (nSPS) is 22.4. The van der Waals surface area contributed by atoms with Crippen LogP contribution in [0.1, 0.15) is 33.3 Å². The van der Waals surface area contributed by atoms with Crippen molar-refractivity contribution in [1.29, 1.82) is 0 Å². The van der Waals surface area contributed by atoms with E-state index in [0.29, 0.717) is 37.8 Å². The molecular formula is C17H27NO5S. The molecule has 0 spiro atoms. The minimum absolute atomic E-state index is 0.143. The van der Waals surface area contributed by atoms with Crippen LogP contribution >= 0.6 is 0 Å². The van der Waals surface area contributed by atoms with Crippen molar-refractivity contribution in [3.63, 3.8) is 0 Å². The Morgan fingerprint density at radius 1 is 1.08 bits per heavy atom. The van der Waals surface area contributed by atoms with Gasteiger partial charge in [0.25, 0.3) is 0 Å². The van der Waals surface area contributed by atoms with Crippen LogP contribution in [0.15, 0.2) is 17.0 Å². The number of morpholine rings is 1. The largest absolute Gasteiger partial charge is 0.494 e. The number of ether oxygens (including phenoxy) is 3. The second-order valence-electron chi connectivity index (χ2n) is 6.01. The Morgan fingerprint density at radius 3 is 2.17 bits per heavy atom. The zero-order valence-corrected chi connectivity index (χ0v) is 15.9. The summed E-state index contributed by atoms with van der Waals surface area (Å²) in [5, 5.41) is 0. The van der Waals surface area contributed by atoms with E-state index >= 15 is 0 Å². The second kappa shape index (κ2) is 7.72. The van der Waals surface area contributed by atoms with E-state index in [1.54, 1.807) is 12.1 Å². The lowest BCUT2D eigenvalue weighted by Crippen LogP contribution is -2.48. The van der Waals surface area contributed by atoms with Gasteiger partial charge in [-0.3, -0.25) is 0 Å². The molecular weight excluding hydrogens is 330 g/mol. The van der Waals surface area contributed by atoms with Gasteiger partial charge in [0.15, 0.2) is 0 Å². The highest BCUT2D eigenvalue weighted by atomic mass is 32.2. The van der Waals surface area contributed by atoms with Crippen LogP contribution in [0.25, 0.3) is 0 Å². The summed E-state index contributed by atoms with van der Waals surface area (Å²) in [6.45, 7) is 10.9. The molecule has 0 aliphatic carbocycles. The first-order valence-corrected chi connectivity index (χ1v) is 9.79. The Morgan fingerprint density at radius 2 is 1.62 bits per heavy atom. The van der Waals surface area contributed by atoms with Crippen LogP contribution < -0.4 is 9.47 Å². The van der Waals surface area contributed by atoms with Crippen molar-refractivity contribution in [1.82, 2.24) is 4.31 Å². The van der Waals surface area contributed by atoms with Gasteiger partial charge in [0.2, 0.25) is 10.0 Å². The summed E-state index contributed by atoms with van der Waals surface area (Å²) in [6.07, 6.45) is -0.285. The van der Waals surface area contributed by atoms with Crippen molar-refractivity contribution in [2.75, 3.05) is 26.3 Å². The summed E-state index contributed by atoms with van der Waals surface area (Å²) in [5.74, 6) is 0.930. The molecule has 1 saturated heterocycles. The number of nitrogens with zero attached hydrogens (tertiary/aromatic N) is 1. The number of hydrogen-bond donors (Lipinski definition) is 0. The Labute approximate surface area is 144 Å². The molecule has 0 amide bonds. The third-order valence-corrected chi connectivity index (χ3v) is 5.70. The molecule has 1 fully saturated rings. The van der Waals surface area contributed by atoms with Crippen LogP contribution in [0.5, 0.6) is 11.5 Å². The molecule has 1 aliphatic heterocycles.